The number of carbonyl (C=O) groups excluding carboxylic acids is 2. The Morgan fingerprint density at radius 2 is 0.833 bits per heavy atom. The van der Waals surface area contributed by atoms with Crippen LogP contribution in [0.1, 0.15) is 226 Å². The van der Waals surface area contributed by atoms with Crippen molar-refractivity contribution in [1.82, 2.24) is 0 Å². The minimum absolute atomic E-state index is 0.0747. The van der Waals surface area contributed by atoms with Crippen LogP contribution in [-0.2, 0) is 23.8 Å². The van der Waals surface area contributed by atoms with Gasteiger partial charge < -0.3 is 14.2 Å². The molecule has 0 saturated carbocycles. The minimum atomic E-state index is -0.542. The topological polar surface area (TPSA) is 61.8 Å². The summed E-state index contributed by atoms with van der Waals surface area (Å²) in [6.45, 7) is 7.68. The van der Waals surface area contributed by atoms with Crippen molar-refractivity contribution >= 4 is 11.9 Å². The van der Waals surface area contributed by atoms with Crippen molar-refractivity contribution in [2.45, 2.75) is 232 Å². The van der Waals surface area contributed by atoms with Gasteiger partial charge in [-0.1, -0.05) is 185 Å². The molecule has 5 nitrogen and oxygen atoms in total. The van der Waals surface area contributed by atoms with Gasteiger partial charge in [-0.3, -0.25) is 9.59 Å². The molecule has 0 aromatic heterocycles. The van der Waals surface area contributed by atoms with Gasteiger partial charge in [-0.15, -0.1) is 0 Å². The third-order valence-electron chi connectivity index (χ3n) is 9.85. The van der Waals surface area contributed by atoms with Crippen molar-refractivity contribution in [3.05, 3.63) is 48.6 Å². The van der Waals surface area contributed by atoms with E-state index in [0.29, 0.717) is 19.4 Å². The summed E-state index contributed by atoms with van der Waals surface area (Å²) in [6, 6.07) is 0. The van der Waals surface area contributed by atoms with Crippen LogP contribution in [0.2, 0.25) is 0 Å². The smallest absolute Gasteiger partial charge is 0.306 e. The first-order valence-electron chi connectivity index (χ1n) is 23.2. The molecule has 0 spiro atoms. The van der Waals surface area contributed by atoms with Crippen LogP contribution in [0.5, 0.6) is 0 Å². The maximum absolute atomic E-state index is 12.7. The zero-order chi connectivity index (χ0) is 39.3. The van der Waals surface area contributed by atoms with Crippen LogP contribution in [0.4, 0.5) is 0 Å². The molecule has 0 aromatic rings. The van der Waals surface area contributed by atoms with Crippen LogP contribution < -0.4 is 0 Å². The molecule has 0 rings (SSSR count). The SMILES string of the molecule is CC/C=C\C/C=C\C/C=C\CCCCCCCC(=O)OCC(COCCCCCCCCCC)OC(=O)CCCCCCC/C=C\CCCCCCCC. The van der Waals surface area contributed by atoms with E-state index in [1.165, 1.54) is 109 Å². The van der Waals surface area contributed by atoms with Gasteiger partial charge in [-0.05, 0) is 77.0 Å². The molecular weight excluding hydrogens is 669 g/mol. The Balaban J connectivity index is 4.22. The molecule has 0 bridgehead atoms. The number of esters is 2. The first kappa shape index (κ1) is 51.9. The van der Waals surface area contributed by atoms with E-state index in [-0.39, 0.29) is 25.2 Å². The van der Waals surface area contributed by atoms with E-state index in [1.54, 1.807) is 0 Å². The molecule has 54 heavy (non-hydrogen) atoms. The van der Waals surface area contributed by atoms with Crippen LogP contribution in [0.25, 0.3) is 0 Å². The third-order valence-corrected chi connectivity index (χ3v) is 9.85. The molecule has 0 heterocycles. The van der Waals surface area contributed by atoms with Gasteiger partial charge in [0.2, 0.25) is 0 Å². The van der Waals surface area contributed by atoms with Crippen molar-refractivity contribution in [3.63, 3.8) is 0 Å². The Hall–Kier alpha value is -2.14. The van der Waals surface area contributed by atoms with Crippen LogP contribution in [0, 0.1) is 0 Å². The van der Waals surface area contributed by atoms with Gasteiger partial charge in [-0.2, -0.15) is 0 Å². The van der Waals surface area contributed by atoms with Crippen molar-refractivity contribution < 1.29 is 23.8 Å². The summed E-state index contributed by atoms with van der Waals surface area (Å²) in [4.78, 5) is 25.2. The average molecular weight is 757 g/mol. The maximum Gasteiger partial charge on any atom is 0.306 e. The number of unbranched alkanes of at least 4 members (excludes halogenated alkanes) is 23. The van der Waals surface area contributed by atoms with Gasteiger partial charge >= 0.3 is 11.9 Å². The summed E-state index contributed by atoms with van der Waals surface area (Å²) in [5, 5.41) is 0. The van der Waals surface area contributed by atoms with Gasteiger partial charge in [0.05, 0.1) is 6.61 Å². The van der Waals surface area contributed by atoms with Gasteiger partial charge in [0.1, 0.15) is 6.61 Å². The van der Waals surface area contributed by atoms with E-state index in [1.807, 2.05) is 0 Å². The predicted molar refractivity (Wildman–Crippen MR) is 233 cm³/mol. The highest BCUT2D eigenvalue weighted by Crippen LogP contribution is 2.13. The summed E-state index contributed by atoms with van der Waals surface area (Å²) < 4.78 is 17.3. The molecule has 0 radical (unpaired) electrons. The van der Waals surface area contributed by atoms with E-state index >= 15 is 0 Å². The lowest BCUT2D eigenvalue weighted by molar-refractivity contribution is -0.163. The van der Waals surface area contributed by atoms with E-state index in [0.717, 1.165) is 83.5 Å². The molecular formula is C49H88O5. The monoisotopic (exact) mass is 757 g/mol. The summed E-state index contributed by atoms with van der Waals surface area (Å²) >= 11 is 0. The van der Waals surface area contributed by atoms with Crippen LogP contribution in [-0.4, -0.2) is 37.9 Å². The molecule has 0 aromatic carbocycles. The molecule has 0 aliphatic rings. The molecule has 1 unspecified atom stereocenters. The molecule has 0 fully saturated rings. The zero-order valence-electron chi connectivity index (χ0n) is 36.0. The second-order valence-corrected chi connectivity index (χ2v) is 15.3. The highest BCUT2D eigenvalue weighted by molar-refractivity contribution is 5.70. The molecule has 0 amide bonds. The standard InChI is InChI=1S/C49H88O5/c1-4-7-10-13-16-19-21-23-25-27-29-31-33-36-39-42-48(50)53-46-47(45-52-44-41-38-35-18-15-12-9-6-3)54-49(51)43-40-37-34-32-30-28-26-24-22-20-17-14-11-8-5-2/h7,10,16,19,23-26,47H,4-6,8-9,11-15,17-18,20-22,27-46H2,1-3H3/b10-7-,19-16-,25-23-,26-24-. The fourth-order valence-corrected chi connectivity index (χ4v) is 6.40. The molecule has 0 aliphatic carbocycles. The number of hydrogen-bond acceptors (Lipinski definition) is 5. The lowest BCUT2D eigenvalue weighted by atomic mass is 10.1. The van der Waals surface area contributed by atoms with Crippen LogP contribution >= 0.6 is 0 Å². The summed E-state index contributed by atoms with van der Waals surface area (Å²) in [7, 11) is 0. The van der Waals surface area contributed by atoms with Crippen molar-refractivity contribution in [2.24, 2.45) is 0 Å². The quantitative estimate of drug-likeness (QED) is 0.0353. The molecule has 0 saturated heterocycles. The Kier molecular flexibility index (Phi) is 43.5. The van der Waals surface area contributed by atoms with Gasteiger partial charge in [-0.25, -0.2) is 0 Å². The molecule has 0 aliphatic heterocycles. The molecule has 0 N–H and O–H groups in total. The van der Waals surface area contributed by atoms with E-state index < -0.39 is 6.10 Å². The highest BCUT2D eigenvalue weighted by Gasteiger charge is 2.17. The Bertz CT molecular complexity index is 904. The lowest BCUT2D eigenvalue weighted by Crippen LogP contribution is -2.30. The Labute approximate surface area is 335 Å². The second kappa shape index (κ2) is 45.3. The van der Waals surface area contributed by atoms with E-state index in [9.17, 15) is 9.59 Å². The summed E-state index contributed by atoms with van der Waals surface area (Å²) in [5.41, 5.74) is 0. The maximum atomic E-state index is 12.7. The number of hydrogen-bond donors (Lipinski definition) is 0. The van der Waals surface area contributed by atoms with Crippen LogP contribution in [0.15, 0.2) is 48.6 Å². The second-order valence-electron chi connectivity index (χ2n) is 15.3. The van der Waals surface area contributed by atoms with Crippen molar-refractivity contribution in [1.29, 1.82) is 0 Å². The van der Waals surface area contributed by atoms with Crippen molar-refractivity contribution in [3.8, 4) is 0 Å². The first-order valence-corrected chi connectivity index (χ1v) is 23.2. The zero-order valence-corrected chi connectivity index (χ0v) is 36.0. The van der Waals surface area contributed by atoms with E-state index in [4.69, 9.17) is 14.2 Å². The largest absolute Gasteiger partial charge is 0.462 e. The molecule has 1 atom stereocenters. The molecule has 314 valence electrons. The fourth-order valence-electron chi connectivity index (χ4n) is 6.40. The minimum Gasteiger partial charge on any atom is -0.462 e. The number of rotatable bonds is 42. The van der Waals surface area contributed by atoms with Gasteiger partial charge in [0.15, 0.2) is 6.10 Å². The van der Waals surface area contributed by atoms with Crippen molar-refractivity contribution in [2.75, 3.05) is 19.8 Å². The number of carbonyl (C=O) groups is 2. The number of ether oxygens (including phenoxy) is 3. The molecule has 5 heteroatoms. The van der Waals surface area contributed by atoms with Crippen LogP contribution in [0.3, 0.4) is 0 Å². The summed E-state index contributed by atoms with van der Waals surface area (Å²) in [6.07, 6.45) is 53.9. The summed E-state index contributed by atoms with van der Waals surface area (Å²) in [5.74, 6) is -0.423. The Morgan fingerprint density at radius 3 is 1.35 bits per heavy atom. The normalized spacial score (nSPS) is 12.6. The number of allylic oxidation sites excluding steroid dienone is 8. The first-order chi connectivity index (χ1) is 26.6. The van der Waals surface area contributed by atoms with Gasteiger partial charge in [0.25, 0.3) is 0 Å². The third kappa shape index (κ3) is 42.6. The predicted octanol–water partition coefficient (Wildman–Crippen LogP) is 15.2. The van der Waals surface area contributed by atoms with Gasteiger partial charge in [0, 0.05) is 19.4 Å². The average Bonchev–Trinajstić information content (AvgIpc) is 3.17. The highest BCUT2D eigenvalue weighted by atomic mass is 16.6. The fraction of sp³-hybridized carbons (Fsp3) is 0.796. The Morgan fingerprint density at radius 1 is 0.426 bits per heavy atom. The lowest BCUT2D eigenvalue weighted by Gasteiger charge is -2.18. The van der Waals surface area contributed by atoms with E-state index in [2.05, 4.69) is 69.4 Å².